The maximum atomic E-state index is 11.0. The maximum Gasteiger partial charge on any atom is 0.158 e. The predicted molar refractivity (Wildman–Crippen MR) is 31.1 cm³/mol. The lowest BCUT2D eigenvalue weighted by Gasteiger charge is -2.35. The molecule has 0 atom stereocenters. The first-order chi connectivity index (χ1) is 4.33. The molecule has 2 aliphatic heterocycles. The van der Waals surface area contributed by atoms with Gasteiger partial charge in [0, 0.05) is 6.54 Å². The zero-order valence-corrected chi connectivity index (χ0v) is 5.14. The van der Waals surface area contributed by atoms with Crippen molar-refractivity contribution in [2.24, 2.45) is 5.41 Å². The summed E-state index contributed by atoms with van der Waals surface area (Å²) in [4.78, 5) is 11.0. The first-order valence-corrected chi connectivity index (χ1v) is 3.15. The van der Waals surface area contributed by atoms with Gasteiger partial charge in [-0.15, -0.1) is 0 Å². The minimum absolute atomic E-state index is 0.0972. The minimum Gasteiger partial charge on any atom is -0.379 e. The lowest BCUT2D eigenvalue weighted by atomic mass is 9.84. The van der Waals surface area contributed by atoms with Crippen LogP contribution in [0, 0.1) is 5.41 Å². The van der Waals surface area contributed by atoms with Crippen LogP contribution in [0.1, 0.15) is 0 Å². The third kappa shape index (κ3) is 0.559. The van der Waals surface area contributed by atoms with Gasteiger partial charge in [0.25, 0.3) is 0 Å². The number of Topliss-reactive ketones (excluding diaryl/α,β-unsaturated/α-hetero) is 1. The van der Waals surface area contributed by atoms with E-state index in [1.54, 1.807) is 0 Å². The average molecular weight is 127 g/mol. The zero-order valence-electron chi connectivity index (χ0n) is 5.14. The fourth-order valence-corrected chi connectivity index (χ4v) is 1.31. The summed E-state index contributed by atoms with van der Waals surface area (Å²) in [6.07, 6.45) is 0. The predicted octanol–water partition coefficient (Wildman–Crippen LogP) is -0.825. The summed E-state index contributed by atoms with van der Waals surface area (Å²) < 4.78 is 4.97. The standard InChI is InChI=1S/C6H9NO2/c8-5-1-7-2-6(5)3-9-4-6/h7H,1-4H2. The number of carbonyl (C=O) groups is 1. The van der Waals surface area contributed by atoms with Crippen LogP contribution in [0.25, 0.3) is 0 Å². The number of hydrogen-bond donors (Lipinski definition) is 1. The van der Waals surface area contributed by atoms with Crippen LogP contribution in [-0.4, -0.2) is 32.1 Å². The highest BCUT2D eigenvalue weighted by Crippen LogP contribution is 2.30. The van der Waals surface area contributed by atoms with Crippen molar-refractivity contribution >= 4 is 5.78 Å². The van der Waals surface area contributed by atoms with Crippen LogP contribution in [0.3, 0.4) is 0 Å². The SMILES string of the molecule is O=C1CNCC12COC2. The molecular weight excluding hydrogens is 118 g/mol. The van der Waals surface area contributed by atoms with E-state index < -0.39 is 0 Å². The molecule has 2 aliphatic rings. The Labute approximate surface area is 53.4 Å². The van der Waals surface area contributed by atoms with Gasteiger partial charge in [0.2, 0.25) is 0 Å². The van der Waals surface area contributed by atoms with E-state index in [9.17, 15) is 4.79 Å². The molecule has 0 aromatic heterocycles. The van der Waals surface area contributed by atoms with E-state index in [4.69, 9.17) is 4.74 Å². The second-order valence-electron chi connectivity index (χ2n) is 2.80. The minimum atomic E-state index is -0.0972. The van der Waals surface area contributed by atoms with Crippen LogP contribution >= 0.6 is 0 Å². The topological polar surface area (TPSA) is 38.3 Å². The van der Waals surface area contributed by atoms with Crippen LogP contribution < -0.4 is 5.32 Å². The maximum absolute atomic E-state index is 11.0. The van der Waals surface area contributed by atoms with E-state index in [1.807, 2.05) is 0 Å². The lowest BCUT2D eigenvalue weighted by Crippen LogP contribution is -2.48. The number of hydrogen-bond acceptors (Lipinski definition) is 3. The van der Waals surface area contributed by atoms with Crippen molar-refractivity contribution in [1.82, 2.24) is 5.32 Å². The van der Waals surface area contributed by atoms with Crippen molar-refractivity contribution in [2.45, 2.75) is 0 Å². The van der Waals surface area contributed by atoms with Gasteiger partial charge in [0.15, 0.2) is 5.78 Å². The van der Waals surface area contributed by atoms with Gasteiger partial charge in [-0.05, 0) is 0 Å². The molecule has 0 bridgehead atoms. The van der Waals surface area contributed by atoms with E-state index in [-0.39, 0.29) is 5.41 Å². The molecule has 2 saturated heterocycles. The summed E-state index contributed by atoms with van der Waals surface area (Å²) >= 11 is 0. The van der Waals surface area contributed by atoms with Gasteiger partial charge >= 0.3 is 0 Å². The van der Waals surface area contributed by atoms with Crippen molar-refractivity contribution in [3.63, 3.8) is 0 Å². The lowest BCUT2D eigenvalue weighted by molar-refractivity contribution is -0.150. The highest BCUT2D eigenvalue weighted by Gasteiger charge is 2.48. The van der Waals surface area contributed by atoms with Crippen molar-refractivity contribution in [3.8, 4) is 0 Å². The van der Waals surface area contributed by atoms with Crippen LogP contribution in [0.4, 0.5) is 0 Å². The van der Waals surface area contributed by atoms with Crippen LogP contribution in [0.2, 0.25) is 0 Å². The normalized spacial score (nSPS) is 30.9. The molecule has 9 heavy (non-hydrogen) atoms. The zero-order chi connectivity index (χ0) is 6.32. The number of carbonyl (C=O) groups excluding carboxylic acids is 1. The number of ether oxygens (including phenoxy) is 1. The van der Waals surface area contributed by atoms with Gasteiger partial charge in [-0.1, -0.05) is 0 Å². The van der Waals surface area contributed by atoms with Gasteiger partial charge in [-0.2, -0.15) is 0 Å². The molecule has 2 rings (SSSR count). The highest BCUT2D eigenvalue weighted by molar-refractivity contribution is 5.89. The molecular formula is C6H9NO2. The summed E-state index contributed by atoms with van der Waals surface area (Å²) in [5.74, 6) is 0.328. The molecule has 0 aromatic rings. The van der Waals surface area contributed by atoms with Gasteiger partial charge in [-0.3, -0.25) is 4.79 Å². The number of nitrogens with one attached hydrogen (secondary N) is 1. The van der Waals surface area contributed by atoms with Crippen molar-refractivity contribution < 1.29 is 9.53 Å². The van der Waals surface area contributed by atoms with Crippen molar-refractivity contribution in [1.29, 1.82) is 0 Å². The molecule has 3 heteroatoms. The molecule has 0 radical (unpaired) electrons. The van der Waals surface area contributed by atoms with Crippen LogP contribution in [-0.2, 0) is 9.53 Å². The number of ketones is 1. The molecule has 2 fully saturated rings. The third-order valence-corrected chi connectivity index (χ3v) is 2.10. The van der Waals surface area contributed by atoms with Crippen LogP contribution in [0.5, 0.6) is 0 Å². The Balaban J connectivity index is 2.17. The van der Waals surface area contributed by atoms with Gasteiger partial charge < -0.3 is 10.1 Å². The van der Waals surface area contributed by atoms with E-state index in [1.165, 1.54) is 0 Å². The fourth-order valence-electron chi connectivity index (χ4n) is 1.31. The molecule has 1 spiro atoms. The second-order valence-corrected chi connectivity index (χ2v) is 2.80. The largest absolute Gasteiger partial charge is 0.379 e. The molecule has 0 aliphatic carbocycles. The van der Waals surface area contributed by atoms with Gasteiger partial charge in [0.05, 0.1) is 25.2 Å². The Bertz CT molecular complexity index is 151. The van der Waals surface area contributed by atoms with E-state index in [0.717, 1.165) is 6.54 Å². The Morgan fingerprint density at radius 3 is 2.56 bits per heavy atom. The Morgan fingerprint density at radius 1 is 1.56 bits per heavy atom. The molecule has 0 unspecified atom stereocenters. The fraction of sp³-hybridized carbons (Fsp3) is 0.833. The smallest absolute Gasteiger partial charge is 0.158 e. The molecule has 0 amide bonds. The Kier molecular flexibility index (Phi) is 0.926. The van der Waals surface area contributed by atoms with E-state index >= 15 is 0 Å². The summed E-state index contributed by atoms with van der Waals surface area (Å²) in [6, 6.07) is 0. The van der Waals surface area contributed by atoms with E-state index in [0.29, 0.717) is 25.5 Å². The molecule has 0 saturated carbocycles. The molecule has 50 valence electrons. The van der Waals surface area contributed by atoms with Crippen molar-refractivity contribution in [3.05, 3.63) is 0 Å². The molecule has 3 nitrogen and oxygen atoms in total. The summed E-state index contributed by atoms with van der Waals surface area (Å²) in [6.45, 7) is 2.65. The summed E-state index contributed by atoms with van der Waals surface area (Å²) in [7, 11) is 0. The van der Waals surface area contributed by atoms with Gasteiger partial charge in [0.1, 0.15) is 0 Å². The molecule has 0 aromatic carbocycles. The highest BCUT2D eigenvalue weighted by atomic mass is 16.5. The first kappa shape index (κ1) is 5.38. The first-order valence-electron chi connectivity index (χ1n) is 3.15. The Hall–Kier alpha value is -0.410. The second kappa shape index (κ2) is 1.55. The van der Waals surface area contributed by atoms with Gasteiger partial charge in [-0.25, -0.2) is 0 Å². The van der Waals surface area contributed by atoms with Crippen molar-refractivity contribution in [2.75, 3.05) is 26.3 Å². The van der Waals surface area contributed by atoms with E-state index in [2.05, 4.69) is 5.32 Å². The quantitative estimate of drug-likeness (QED) is 0.462. The third-order valence-electron chi connectivity index (χ3n) is 2.10. The Morgan fingerprint density at radius 2 is 2.33 bits per heavy atom. The molecule has 1 N–H and O–H groups in total. The summed E-state index contributed by atoms with van der Waals surface area (Å²) in [5, 5.41) is 3.04. The molecule has 2 heterocycles. The monoisotopic (exact) mass is 127 g/mol. The average Bonchev–Trinajstić information content (AvgIpc) is 2.07. The summed E-state index contributed by atoms with van der Waals surface area (Å²) in [5.41, 5.74) is -0.0972. The number of rotatable bonds is 0. The van der Waals surface area contributed by atoms with Crippen LogP contribution in [0.15, 0.2) is 0 Å².